The minimum atomic E-state index is -0.823. The van der Waals surface area contributed by atoms with Crippen molar-refractivity contribution >= 4 is 11.8 Å². The van der Waals surface area contributed by atoms with Crippen molar-refractivity contribution < 1.29 is 9.90 Å². The lowest BCUT2D eigenvalue weighted by Gasteiger charge is -2.39. The van der Waals surface area contributed by atoms with Crippen LogP contribution in [0, 0.1) is 5.92 Å². The van der Waals surface area contributed by atoms with Crippen LogP contribution in [0.3, 0.4) is 0 Å². The molecule has 3 atom stereocenters. The van der Waals surface area contributed by atoms with E-state index in [0.717, 1.165) is 17.7 Å². The predicted octanol–water partition coefficient (Wildman–Crippen LogP) is 3.89. The fourth-order valence-electron chi connectivity index (χ4n) is 3.93. The maximum atomic E-state index is 11.6. The summed E-state index contributed by atoms with van der Waals surface area (Å²) in [5, 5.41) is 13.2. The molecule has 2 N–H and O–H groups in total. The minimum absolute atomic E-state index is 0.0554. The molecule has 0 aliphatic carbocycles. The molecule has 2 heterocycles. The van der Waals surface area contributed by atoms with Gasteiger partial charge in [-0.1, -0.05) is 48.5 Å². The first-order valence-corrected chi connectivity index (χ1v) is 7.65. The first-order valence-electron chi connectivity index (χ1n) is 7.65. The van der Waals surface area contributed by atoms with Crippen molar-refractivity contribution in [2.75, 3.05) is 11.9 Å². The molecule has 1 amide bonds. The second-order valence-electron chi connectivity index (χ2n) is 5.99. The van der Waals surface area contributed by atoms with Gasteiger partial charge in [0.2, 0.25) is 0 Å². The molecule has 0 aromatic heterocycles. The van der Waals surface area contributed by atoms with Crippen molar-refractivity contribution in [3.63, 3.8) is 0 Å². The van der Waals surface area contributed by atoms with Crippen LogP contribution in [0.1, 0.15) is 29.6 Å². The van der Waals surface area contributed by atoms with Crippen LogP contribution in [0.4, 0.5) is 10.5 Å². The molecule has 4 rings (SSSR count). The van der Waals surface area contributed by atoms with Gasteiger partial charge in [0.1, 0.15) is 0 Å². The number of hydrogen-bond donors (Lipinski definition) is 2. The van der Waals surface area contributed by atoms with Crippen LogP contribution in [-0.2, 0) is 0 Å². The zero-order valence-electron chi connectivity index (χ0n) is 12.1. The van der Waals surface area contributed by atoms with Gasteiger partial charge in [0, 0.05) is 18.2 Å². The van der Waals surface area contributed by atoms with Crippen LogP contribution >= 0.6 is 0 Å². The molecule has 4 heteroatoms. The van der Waals surface area contributed by atoms with E-state index in [1.165, 1.54) is 5.56 Å². The normalized spacial score (nSPS) is 26.0. The number of carboxylic acid groups (broad SMARTS) is 1. The molecule has 2 aliphatic heterocycles. The highest BCUT2D eigenvalue weighted by Crippen LogP contribution is 2.50. The van der Waals surface area contributed by atoms with Crippen molar-refractivity contribution in [2.24, 2.45) is 5.92 Å². The number of nitrogens with one attached hydrogen (secondary N) is 1. The zero-order valence-corrected chi connectivity index (χ0v) is 12.1. The molecule has 3 unspecified atom stereocenters. The summed E-state index contributed by atoms with van der Waals surface area (Å²) in [6.45, 7) is 0.601. The van der Waals surface area contributed by atoms with E-state index < -0.39 is 6.09 Å². The first-order chi connectivity index (χ1) is 10.8. The molecule has 0 spiro atoms. The van der Waals surface area contributed by atoms with E-state index in [2.05, 4.69) is 17.4 Å². The first kappa shape index (κ1) is 13.2. The van der Waals surface area contributed by atoms with Crippen LogP contribution in [0.15, 0.2) is 54.6 Å². The maximum Gasteiger partial charge on any atom is 0.407 e. The Bertz CT molecular complexity index is 701. The third-order valence-electron chi connectivity index (χ3n) is 4.87. The molecular formula is C18H18N2O2. The number of likely N-dealkylation sites (tertiary alicyclic amines) is 1. The number of para-hydroxylation sites is 1. The quantitative estimate of drug-likeness (QED) is 0.839. The van der Waals surface area contributed by atoms with Gasteiger partial charge in [0.15, 0.2) is 0 Å². The number of carbonyl (C=O) groups is 1. The zero-order chi connectivity index (χ0) is 15.1. The Labute approximate surface area is 129 Å². The van der Waals surface area contributed by atoms with Gasteiger partial charge in [-0.05, 0) is 23.6 Å². The molecule has 22 heavy (non-hydrogen) atoms. The lowest BCUT2D eigenvalue weighted by molar-refractivity contribution is 0.132. The molecule has 4 nitrogen and oxygen atoms in total. The Morgan fingerprint density at radius 2 is 1.82 bits per heavy atom. The molecule has 0 bridgehead atoms. The van der Waals surface area contributed by atoms with Gasteiger partial charge in [-0.25, -0.2) is 4.79 Å². The second kappa shape index (κ2) is 5.05. The Morgan fingerprint density at radius 3 is 2.59 bits per heavy atom. The van der Waals surface area contributed by atoms with E-state index >= 15 is 0 Å². The SMILES string of the molecule is O=C(O)N1CCC2C(c3ccccc3)Nc3ccccc3C21. The van der Waals surface area contributed by atoms with Gasteiger partial charge < -0.3 is 15.3 Å². The lowest BCUT2D eigenvalue weighted by atomic mass is 9.80. The summed E-state index contributed by atoms with van der Waals surface area (Å²) < 4.78 is 0. The highest BCUT2D eigenvalue weighted by Gasteiger charge is 2.46. The summed E-state index contributed by atoms with van der Waals surface area (Å²) >= 11 is 0. The lowest BCUT2D eigenvalue weighted by Crippen LogP contribution is -2.36. The van der Waals surface area contributed by atoms with Gasteiger partial charge in [0.25, 0.3) is 0 Å². The van der Waals surface area contributed by atoms with Gasteiger partial charge in [-0.2, -0.15) is 0 Å². The smallest absolute Gasteiger partial charge is 0.407 e. The molecule has 0 saturated carbocycles. The monoisotopic (exact) mass is 294 g/mol. The third kappa shape index (κ3) is 1.95. The summed E-state index contributed by atoms with van der Waals surface area (Å²) in [4.78, 5) is 13.2. The average molecular weight is 294 g/mol. The number of amides is 1. The predicted molar refractivity (Wildman–Crippen MR) is 84.8 cm³/mol. The summed E-state index contributed by atoms with van der Waals surface area (Å²) in [5.74, 6) is 0.272. The summed E-state index contributed by atoms with van der Waals surface area (Å²) in [5.41, 5.74) is 3.37. The fraction of sp³-hybridized carbons (Fsp3) is 0.278. The fourth-order valence-corrected chi connectivity index (χ4v) is 3.93. The summed E-state index contributed by atoms with van der Waals surface area (Å²) in [6, 6.07) is 18.5. The summed E-state index contributed by atoms with van der Waals surface area (Å²) in [7, 11) is 0. The van der Waals surface area contributed by atoms with E-state index in [4.69, 9.17) is 0 Å². The van der Waals surface area contributed by atoms with Crippen molar-refractivity contribution in [3.8, 4) is 0 Å². The summed E-state index contributed by atoms with van der Waals surface area (Å²) in [6.07, 6.45) is 0.0636. The van der Waals surface area contributed by atoms with Crippen molar-refractivity contribution in [1.29, 1.82) is 0 Å². The van der Waals surface area contributed by atoms with Gasteiger partial charge in [-0.15, -0.1) is 0 Å². The molecule has 2 aromatic rings. The van der Waals surface area contributed by atoms with Gasteiger partial charge in [-0.3, -0.25) is 0 Å². The minimum Gasteiger partial charge on any atom is -0.465 e. The van der Waals surface area contributed by atoms with E-state index in [-0.39, 0.29) is 18.0 Å². The van der Waals surface area contributed by atoms with Crippen LogP contribution in [0.2, 0.25) is 0 Å². The molecule has 0 radical (unpaired) electrons. The highest BCUT2D eigenvalue weighted by molar-refractivity contribution is 5.69. The number of rotatable bonds is 1. The molecule has 2 aromatic carbocycles. The average Bonchev–Trinajstić information content (AvgIpc) is 3.00. The Hall–Kier alpha value is -2.49. The number of benzene rings is 2. The van der Waals surface area contributed by atoms with Crippen LogP contribution in [-0.4, -0.2) is 22.6 Å². The standard InChI is InChI=1S/C18H18N2O2/c21-18(22)20-11-10-14-16(12-6-2-1-3-7-12)19-15-9-5-4-8-13(15)17(14)20/h1-9,14,16-17,19H,10-11H2,(H,21,22). The molecular weight excluding hydrogens is 276 g/mol. The number of nitrogens with zero attached hydrogens (tertiary/aromatic N) is 1. The number of hydrogen-bond acceptors (Lipinski definition) is 2. The van der Waals surface area contributed by atoms with E-state index in [9.17, 15) is 9.90 Å². The van der Waals surface area contributed by atoms with Crippen LogP contribution in [0.25, 0.3) is 0 Å². The van der Waals surface area contributed by atoms with Crippen molar-refractivity contribution in [2.45, 2.75) is 18.5 Å². The highest BCUT2D eigenvalue weighted by atomic mass is 16.4. The van der Waals surface area contributed by atoms with E-state index in [1.807, 2.05) is 42.5 Å². The van der Waals surface area contributed by atoms with Gasteiger partial charge >= 0.3 is 6.09 Å². The maximum absolute atomic E-state index is 11.6. The van der Waals surface area contributed by atoms with Gasteiger partial charge in [0.05, 0.1) is 12.1 Å². The van der Waals surface area contributed by atoms with Crippen molar-refractivity contribution in [1.82, 2.24) is 4.90 Å². The van der Waals surface area contributed by atoms with Crippen LogP contribution in [0.5, 0.6) is 0 Å². The Morgan fingerprint density at radius 1 is 1.09 bits per heavy atom. The number of anilines is 1. The van der Waals surface area contributed by atoms with Crippen LogP contribution < -0.4 is 5.32 Å². The molecule has 2 aliphatic rings. The Kier molecular flexibility index (Phi) is 3.03. The second-order valence-corrected chi connectivity index (χ2v) is 5.99. The largest absolute Gasteiger partial charge is 0.465 e. The molecule has 112 valence electrons. The van der Waals surface area contributed by atoms with E-state index in [1.54, 1.807) is 4.90 Å². The van der Waals surface area contributed by atoms with E-state index in [0.29, 0.717) is 6.54 Å². The Balaban J connectivity index is 1.81. The third-order valence-corrected chi connectivity index (χ3v) is 4.87. The topological polar surface area (TPSA) is 52.6 Å². The number of fused-ring (bicyclic) bond motifs is 3. The molecule has 1 saturated heterocycles. The molecule has 1 fully saturated rings. The van der Waals surface area contributed by atoms with Crippen molar-refractivity contribution in [3.05, 3.63) is 65.7 Å².